The van der Waals surface area contributed by atoms with Gasteiger partial charge in [0.25, 0.3) is 0 Å². The fourth-order valence-electron chi connectivity index (χ4n) is 1.02. The van der Waals surface area contributed by atoms with E-state index in [1.807, 2.05) is 0 Å². The molecule has 1 aromatic rings. The largest absolute Gasteiger partial charge is 0.481 e. The summed E-state index contributed by atoms with van der Waals surface area (Å²) < 4.78 is 0. The zero-order valence-electron chi connectivity index (χ0n) is 6.97. The van der Waals surface area contributed by atoms with Crippen LogP contribution in [-0.2, 0) is 4.79 Å². The first-order valence-electron chi connectivity index (χ1n) is 3.79. The summed E-state index contributed by atoms with van der Waals surface area (Å²) in [4.78, 5) is 14.3. The minimum absolute atomic E-state index is 0.165. The van der Waals surface area contributed by atoms with Crippen molar-refractivity contribution in [2.45, 2.75) is 12.5 Å². The highest BCUT2D eigenvalue weighted by Gasteiger charge is 2.13. The summed E-state index contributed by atoms with van der Waals surface area (Å²) in [6.45, 7) is 0. The van der Waals surface area contributed by atoms with Gasteiger partial charge in [0.2, 0.25) is 0 Å². The number of nitrogen functional groups attached to an aromatic ring is 1. The van der Waals surface area contributed by atoms with Crippen molar-refractivity contribution in [1.29, 1.82) is 0 Å². The molecule has 0 amide bonds. The minimum Gasteiger partial charge on any atom is -0.481 e. The molecule has 5 nitrogen and oxygen atoms in total. The van der Waals surface area contributed by atoms with Gasteiger partial charge in [0.05, 0.1) is 23.8 Å². The van der Waals surface area contributed by atoms with Crippen molar-refractivity contribution in [3.63, 3.8) is 0 Å². The van der Waals surface area contributed by atoms with Crippen molar-refractivity contribution in [2.24, 2.45) is 5.73 Å². The Morgan fingerprint density at radius 3 is 2.92 bits per heavy atom. The maximum absolute atomic E-state index is 10.3. The molecule has 0 aromatic carbocycles. The lowest BCUT2D eigenvalue weighted by atomic mass is 10.1. The molecule has 0 bridgehead atoms. The number of pyridine rings is 1. The number of carboxylic acids is 1. The van der Waals surface area contributed by atoms with Gasteiger partial charge in [-0.2, -0.15) is 0 Å². The summed E-state index contributed by atoms with van der Waals surface area (Å²) >= 11 is 0. The molecule has 1 aromatic heterocycles. The van der Waals surface area contributed by atoms with Gasteiger partial charge in [-0.1, -0.05) is 0 Å². The Morgan fingerprint density at radius 1 is 1.69 bits per heavy atom. The molecule has 5 heteroatoms. The van der Waals surface area contributed by atoms with E-state index in [9.17, 15) is 4.79 Å². The quantitative estimate of drug-likeness (QED) is 0.615. The third-order valence-corrected chi connectivity index (χ3v) is 1.62. The van der Waals surface area contributed by atoms with Crippen molar-refractivity contribution in [1.82, 2.24) is 4.98 Å². The van der Waals surface area contributed by atoms with Crippen LogP contribution in [0.3, 0.4) is 0 Å². The van der Waals surface area contributed by atoms with Gasteiger partial charge in [0.1, 0.15) is 0 Å². The van der Waals surface area contributed by atoms with E-state index in [1.54, 1.807) is 12.1 Å². The minimum atomic E-state index is -0.961. The average molecular weight is 181 g/mol. The van der Waals surface area contributed by atoms with Gasteiger partial charge in [0.15, 0.2) is 0 Å². The van der Waals surface area contributed by atoms with E-state index in [1.165, 1.54) is 6.20 Å². The van der Waals surface area contributed by atoms with E-state index in [-0.39, 0.29) is 6.42 Å². The third kappa shape index (κ3) is 2.41. The lowest BCUT2D eigenvalue weighted by Gasteiger charge is -2.09. The van der Waals surface area contributed by atoms with Crippen LogP contribution in [-0.4, -0.2) is 16.1 Å². The van der Waals surface area contributed by atoms with Crippen LogP contribution in [0.2, 0.25) is 0 Å². The van der Waals surface area contributed by atoms with Crippen molar-refractivity contribution in [3.05, 3.63) is 24.0 Å². The summed E-state index contributed by atoms with van der Waals surface area (Å²) in [6, 6.07) is 2.68. The van der Waals surface area contributed by atoms with Gasteiger partial charge in [-0.3, -0.25) is 9.78 Å². The maximum atomic E-state index is 10.3. The fraction of sp³-hybridized carbons (Fsp3) is 0.250. The van der Waals surface area contributed by atoms with E-state index in [0.29, 0.717) is 11.4 Å². The summed E-state index contributed by atoms with van der Waals surface area (Å²) in [7, 11) is 0. The van der Waals surface area contributed by atoms with E-state index in [4.69, 9.17) is 16.6 Å². The Kier molecular flexibility index (Phi) is 2.81. The standard InChI is InChI=1S/C8H11N3O2/c9-5-2-1-3-11-8(5)6(10)4-7(12)13/h1-3,6H,4,9-10H2,(H,12,13)/t6-/m1/s1. The van der Waals surface area contributed by atoms with Gasteiger partial charge in [0, 0.05) is 6.20 Å². The number of carbonyl (C=O) groups is 1. The average Bonchev–Trinajstić information content (AvgIpc) is 2.03. The Morgan fingerprint density at radius 2 is 2.38 bits per heavy atom. The lowest BCUT2D eigenvalue weighted by Crippen LogP contribution is -2.17. The number of anilines is 1. The highest BCUT2D eigenvalue weighted by molar-refractivity contribution is 5.68. The predicted octanol–water partition coefficient (Wildman–Crippen LogP) is 0.138. The van der Waals surface area contributed by atoms with Gasteiger partial charge in [-0.05, 0) is 12.1 Å². The smallest absolute Gasteiger partial charge is 0.305 e. The molecule has 5 N–H and O–H groups in total. The number of aromatic nitrogens is 1. The molecule has 0 fully saturated rings. The normalized spacial score (nSPS) is 12.4. The van der Waals surface area contributed by atoms with Crippen LogP contribution in [0, 0.1) is 0 Å². The molecule has 1 heterocycles. The third-order valence-electron chi connectivity index (χ3n) is 1.62. The van der Waals surface area contributed by atoms with Crippen molar-refractivity contribution in [3.8, 4) is 0 Å². The van der Waals surface area contributed by atoms with E-state index < -0.39 is 12.0 Å². The Balaban J connectivity index is 2.82. The molecule has 0 unspecified atom stereocenters. The molecule has 0 aliphatic carbocycles. The molecular weight excluding hydrogens is 170 g/mol. The monoisotopic (exact) mass is 181 g/mol. The zero-order chi connectivity index (χ0) is 9.84. The molecule has 0 aliphatic rings. The van der Waals surface area contributed by atoms with Crippen molar-refractivity contribution < 1.29 is 9.90 Å². The Bertz CT molecular complexity index is 314. The molecule has 0 aliphatic heterocycles. The van der Waals surface area contributed by atoms with Crippen LogP contribution < -0.4 is 11.5 Å². The second-order valence-electron chi connectivity index (χ2n) is 2.68. The second kappa shape index (κ2) is 3.86. The van der Waals surface area contributed by atoms with Gasteiger partial charge in [-0.25, -0.2) is 0 Å². The van der Waals surface area contributed by atoms with Gasteiger partial charge >= 0.3 is 5.97 Å². The fourth-order valence-corrected chi connectivity index (χ4v) is 1.02. The first kappa shape index (κ1) is 9.47. The summed E-state index contributed by atoms with van der Waals surface area (Å²) in [5.74, 6) is -0.961. The predicted molar refractivity (Wildman–Crippen MR) is 47.8 cm³/mol. The highest BCUT2D eigenvalue weighted by atomic mass is 16.4. The van der Waals surface area contributed by atoms with Crippen LogP contribution in [0.1, 0.15) is 18.2 Å². The van der Waals surface area contributed by atoms with Crippen molar-refractivity contribution >= 4 is 11.7 Å². The first-order valence-corrected chi connectivity index (χ1v) is 3.79. The van der Waals surface area contributed by atoms with E-state index in [0.717, 1.165) is 0 Å². The number of nitrogens with zero attached hydrogens (tertiary/aromatic N) is 1. The number of hydrogen-bond acceptors (Lipinski definition) is 4. The molecule has 1 rings (SSSR count). The molecule has 0 spiro atoms. The molecule has 0 saturated carbocycles. The molecule has 70 valence electrons. The number of rotatable bonds is 3. The highest BCUT2D eigenvalue weighted by Crippen LogP contribution is 2.17. The number of nitrogens with two attached hydrogens (primary N) is 2. The number of aliphatic carboxylic acids is 1. The molecule has 0 radical (unpaired) electrons. The first-order chi connectivity index (χ1) is 6.11. The van der Waals surface area contributed by atoms with Gasteiger partial charge in [-0.15, -0.1) is 0 Å². The number of hydrogen-bond donors (Lipinski definition) is 3. The summed E-state index contributed by atoms with van der Waals surface area (Å²) in [5.41, 5.74) is 12.0. The zero-order valence-corrected chi connectivity index (χ0v) is 6.97. The topological polar surface area (TPSA) is 102 Å². The SMILES string of the molecule is Nc1cccnc1[C@H](N)CC(=O)O. The van der Waals surface area contributed by atoms with Crippen LogP contribution in [0.15, 0.2) is 18.3 Å². The van der Waals surface area contributed by atoms with Crippen molar-refractivity contribution in [2.75, 3.05) is 5.73 Å². The summed E-state index contributed by atoms with van der Waals surface area (Å²) in [6.07, 6.45) is 1.37. The molecule has 13 heavy (non-hydrogen) atoms. The van der Waals surface area contributed by atoms with E-state index >= 15 is 0 Å². The summed E-state index contributed by atoms with van der Waals surface area (Å²) in [5, 5.41) is 8.49. The number of carboxylic acid groups (broad SMARTS) is 1. The van der Waals surface area contributed by atoms with Crippen LogP contribution in [0.25, 0.3) is 0 Å². The lowest BCUT2D eigenvalue weighted by molar-refractivity contribution is -0.137. The van der Waals surface area contributed by atoms with Crippen LogP contribution >= 0.6 is 0 Å². The Labute approximate surface area is 75.4 Å². The second-order valence-corrected chi connectivity index (χ2v) is 2.68. The van der Waals surface area contributed by atoms with Gasteiger partial charge < -0.3 is 16.6 Å². The molecule has 1 atom stereocenters. The van der Waals surface area contributed by atoms with E-state index in [2.05, 4.69) is 4.98 Å². The molecule has 0 saturated heterocycles. The maximum Gasteiger partial charge on any atom is 0.305 e. The van der Waals surface area contributed by atoms with Crippen LogP contribution in [0.5, 0.6) is 0 Å². The molecular formula is C8H11N3O2. The Hall–Kier alpha value is -1.62. The van der Waals surface area contributed by atoms with Crippen LogP contribution in [0.4, 0.5) is 5.69 Å².